The predicted molar refractivity (Wildman–Crippen MR) is 63.3 cm³/mol. The molecule has 0 bridgehead atoms. The zero-order chi connectivity index (χ0) is 19.1. The molecule has 0 spiro atoms. The molecular formula is C12H12F6O6. The lowest BCUT2D eigenvalue weighted by Gasteiger charge is -2.17. The van der Waals surface area contributed by atoms with Crippen LogP contribution in [-0.4, -0.2) is 49.6 Å². The van der Waals surface area contributed by atoms with Crippen molar-refractivity contribution in [1.29, 1.82) is 0 Å². The number of carbonyl (C=O) groups excluding carboxylic acids is 3. The summed E-state index contributed by atoms with van der Waals surface area (Å²) in [6.07, 6.45) is -13.2. The number of alkyl halides is 6. The van der Waals surface area contributed by atoms with Gasteiger partial charge < -0.3 is 14.2 Å². The Kier molecular flexibility index (Phi) is 7.74. The van der Waals surface area contributed by atoms with Crippen molar-refractivity contribution < 1.29 is 54.9 Å². The van der Waals surface area contributed by atoms with Crippen LogP contribution in [0, 0.1) is 0 Å². The summed E-state index contributed by atoms with van der Waals surface area (Å²) >= 11 is 0. The quantitative estimate of drug-likeness (QED) is 0.297. The first kappa shape index (κ1) is 21.7. The van der Waals surface area contributed by atoms with Crippen LogP contribution in [-0.2, 0) is 28.6 Å². The van der Waals surface area contributed by atoms with E-state index < -0.39 is 56.0 Å². The Morgan fingerprint density at radius 3 is 1.83 bits per heavy atom. The molecule has 0 aliphatic rings. The van der Waals surface area contributed by atoms with Crippen molar-refractivity contribution in [3.05, 3.63) is 12.2 Å². The highest BCUT2D eigenvalue weighted by molar-refractivity contribution is 5.90. The van der Waals surface area contributed by atoms with Gasteiger partial charge in [-0.2, -0.15) is 26.3 Å². The topological polar surface area (TPSA) is 78.9 Å². The van der Waals surface area contributed by atoms with E-state index in [0.717, 1.165) is 6.92 Å². The van der Waals surface area contributed by atoms with Crippen molar-refractivity contribution >= 4 is 17.9 Å². The van der Waals surface area contributed by atoms with E-state index >= 15 is 0 Å². The smallest absolute Gasteiger partial charge is 0.422 e. The number of ether oxygens (including phenoxy) is 3. The molecule has 0 amide bonds. The number of esters is 3. The summed E-state index contributed by atoms with van der Waals surface area (Å²) in [4.78, 5) is 33.9. The van der Waals surface area contributed by atoms with Crippen LogP contribution >= 0.6 is 0 Å². The van der Waals surface area contributed by atoms with Crippen LogP contribution in [0.25, 0.3) is 0 Å². The molecule has 138 valence electrons. The van der Waals surface area contributed by atoms with E-state index in [1.807, 2.05) is 0 Å². The first-order chi connectivity index (χ1) is 10.7. The van der Waals surface area contributed by atoms with Gasteiger partial charge >= 0.3 is 30.3 Å². The van der Waals surface area contributed by atoms with Gasteiger partial charge in [0, 0.05) is 5.57 Å². The summed E-state index contributed by atoms with van der Waals surface area (Å²) in [5.74, 6) is -4.66. The highest BCUT2D eigenvalue weighted by Crippen LogP contribution is 2.17. The highest BCUT2D eigenvalue weighted by atomic mass is 19.4. The lowest BCUT2D eigenvalue weighted by molar-refractivity contribution is -0.198. The molecular weight excluding hydrogens is 354 g/mol. The van der Waals surface area contributed by atoms with Crippen molar-refractivity contribution in [2.45, 2.75) is 31.8 Å². The van der Waals surface area contributed by atoms with Gasteiger partial charge in [-0.25, -0.2) is 9.59 Å². The minimum Gasteiger partial charge on any atom is -0.456 e. The molecule has 0 N–H and O–H groups in total. The van der Waals surface area contributed by atoms with Crippen LogP contribution in [0.15, 0.2) is 12.2 Å². The second kappa shape index (κ2) is 8.55. The van der Waals surface area contributed by atoms with Crippen molar-refractivity contribution in [2.75, 3.05) is 13.2 Å². The van der Waals surface area contributed by atoms with Gasteiger partial charge in [0.05, 0.1) is 6.42 Å². The zero-order valence-corrected chi connectivity index (χ0v) is 12.1. The Hall–Kier alpha value is -2.27. The first-order valence-electron chi connectivity index (χ1n) is 6.03. The fourth-order valence-corrected chi connectivity index (χ4v) is 1.02. The normalized spacial score (nSPS) is 13.0. The molecule has 0 radical (unpaired) electrons. The monoisotopic (exact) mass is 366 g/mol. The Balaban J connectivity index is 4.86. The fraction of sp³-hybridized carbons (Fsp3) is 0.583. The largest absolute Gasteiger partial charge is 0.456 e. The molecule has 1 unspecified atom stereocenters. The molecule has 0 fully saturated rings. The van der Waals surface area contributed by atoms with Gasteiger partial charge in [0.15, 0.2) is 13.2 Å². The molecule has 0 aliphatic carbocycles. The molecule has 12 heteroatoms. The van der Waals surface area contributed by atoms with Gasteiger partial charge in [0.1, 0.15) is 0 Å². The molecule has 1 atom stereocenters. The first-order valence-corrected chi connectivity index (χ1v) is 6.03. The number of rotatable bonds is 7. The molecule has 0 aliphatic heterocycles. The molecule has 24 heavy (non-hydrogen) atoms. The maximum absolute atomic E-state index is 12.0. The van der Waals surface area contributed by atoms with E-state index in [1.54, 1.807) is 0 Å². The Labute approximate surface area is 131 Å². The van der Waals surface area contributed by atoms with Crippen LogP contribution in [0.4, 0.5) is 26.3 Å². The summed E-state index contributed by atoms with van der Waals surface area (Å²) in [5, 5.41) is 0. The van der Waals surface area contributed by atoms with Crippen LogP contribution in [0.1, 0.15) is 13.3 Å². The lowest BCUT2D eigenvalue weighted by atomic mass is 10.2. The van der Waals surface area contributed by atoms with E-state index in [9.17, 15) is 40.7 Å². The molecule has 6 nitrogen and oxygen atoms in total. The highest BCUT2D eigenvalue weighted by Gasteiger charge is 2.35. The van der Waals surface area contributed by atoms with Crippen molar-refractivity contribution in [1.82, 2.24) is 0 Å². The van der Waals surface area contributed by atoms with E-state index in [-0.39, 0.29) is 5.57 Å². The van der Waals surface area contributed by atoms with E-state index in [4.69, 9.17) is 0 Å². The number of halogens is 6. The van der Waals surface area contributed by atoms with E-state index in [2.05, 4.69) is 20.8 Å². The second-order valence-electron chi connectivity index (χ2n) is 4.38. The molecule has 0 saturated carbocycles. The third-order valence-corrected chi connectivity index (χ3v) is 1.99. The zero-order valence-electron chi connectivity index (χ0n) is 12.1. The van der Waals surface area contributed by atoms with Gasteiger partial charge in [-0.1, -0.05) is 6.58 Å². The number of carbonyl (C=O) groups is 3. The fourth-order valence-electron chi connectivity index (χ4n) is 1.02. The molecule has 0 aromatic rings. The average Bonchev–Trinajstić information content (AvgIpc) is 2.40. The Morgan fingerprint density at radius 2 is 1.42 bits per heavy atom. The van der Waals surface area contributed by atoms with Gasteiger partial charge in [-0.05, 0) is 6.92 Å². The Morgan fingerprint density at radius 1 is 0.958 bits per heavy atom. The number of hydrogen-bond acceptors (Lipinski definition) is 6. The third-order valence-electron chi connectivity index (χ3n) is 1.99. The minimum absolute atomic E-state index is 0.271. The Bertz CT molecular complexity index is 495. The number of hydrogen-bond donors (Lipinski definition) is 0. The summed E-state index contributed by atoms with van der Waals surface area (Å²) < 4.78 is 83.5. The summed E-state index contributed by atoms with van der Waals surface area (Å²) in [7, 11) is 0. The van der Waals surface area contributed by atoms with E-state index in [1.165, 1.54) is 0 Å². The van der Waals surface area contributed by atoms with Gasteiger partial charge in [0.25, 0.3) is 0 Å². The predicted octanol–water partition coefficient (Wildman–Crippen LogP) is 2.08. The molecule has 0 rings (SSSR count). The van der Waals surface area contributed by atoms with Crippen LogP contribution in [0.2, 0.25) is 0 Å². The lowest BCUT2D eigenvalue weighted by Crippen LogP contribution is -2.35. The molecule has 0 aromatic carbocycles. The SMILES string of the molecule is C=C(C)C(=O)OC(CC(=O)OCC(F)(F)F)C(=O)OCC(F)(F)F. The van der Waals surface area contributed by atoms with Crippen molar-refractivity contribution in [3.63, 3.8) is 0 Å². The van der Waals surface area contributed by atoms with Gasteiger partial charge in [0.2, 0.25) is 6.10 Å². The van der Waals surface area contributed by atoms with E-state index in [0.29, 0.717) is 0 Å². The van der Waals surface area contributed by atoms with Crippen molar-refractivity contribution in [3.8, 4) is 0 Å². The molecule has 0 heterocycles. The summed E-state index contributed by atoms with van der Waals surface area (Å²) in [6.45, 7) is 0.238. The summed E-state index contributed by atoms with van der Waals surface area (Å²) in [6, 6.07) is 0. The minimum atomic E-state index is -4.89. The van der Waals surface area contributed by atoms with Crippen LogP contribution in [0.3, 0.4) is 0 Å². The molecule has 0 saturated heterocycles. The third kappa shape index (κ3) is 10.5. The van der Waals surface area contributed by atoms with Gasteiger partial charge in [-0.3, -0.25) is 4.79 Å². The van der Waals surface area contributed by atoms with Crippen LogP contribution < -0.4 is 0 Å². The standard InChI is InChI=1S/C12H12F6O6/c1-6(2)9(20)24-7(10(21)23-5-12(16,17)18)3-8(19)22-4-11(13,14)15/h7H,1,3-5H2,2H3. The maximum Gasteiger partial charge on any atom is 0.422 e. The molecule has 0 aromatic heterocycles. The average molecular weight is 366 g/mol. The van der Waals surface area contributed by atoms with Crippen molar-refractivity contribution in [2.24, 2.45) is 0 Å². The maximum atomic E-state index is 12.0. The summed E-state index contributed by atoms with van der Waals surface area (Å²) in [5.41, 5.74) is -0.271. The second-order valence-corrected chi connectivity index (χ2v) is 4.38. The van der Waals surface area contributed by atoms with Gasteiger partial charge in [-0.15, -0.1) is 0 Å². The van der Waals surface area contributed by atoms with Crippen LogP contribution in [0.5, 0.6) is 0 Å².